The number of hydrogen-bond donors (Lipinski definition) is 2. The van der Waals surface area contributed by atoms with E-state index >= 15 is 0 Å². The number of benzene rings is 2. The fourth-order valence-electron chi connectivity index (χ4n) is 3.09. The van der Waals surface area contributed by atoms with Crippen molar-refractivity contribution in [2.75, 3.05) is 13.2 Å². The SMILES string of the molecule is O=C1C(=O)N(CCO)[C@H](c2ccc([N+](=O)[O-])cc2)/C1=C(\O)c1ccccc1. The standard InChI is InChI=1S/C19H16N2O6/c22-11-10-20-16(12-6-8-14(9-7-12)21(26)27)15(18(24)19(20)25)17(23)13-4-2-1-3-5-13/h1-9,16,22-23H,10-11H2/b17-15+/t16-/m1/s1. The van der Waals surface area contributed by atoms with Gasteiger partial charge in [0.05, 0.1) is 23.1 Å². The number of β-amino-alcohol motifs (C(OH)–C–C–N with tert-alkyl or cyclic N) is 1. The van der Waals surface area contributed by atoms with Crippen LogP contribution in [0.25, 0.3) is 5.76 Å². The molecule has 0 bridgehead atoms. The van der Waals surface area contributed by atoms with Crippen molar-refractivity contribution >= 4 is 23.1 Å². The zero-order valence-electron chi connectivity index (χ0n) is 14.1. The lowest BCUT2D eigenvalue weighted by Gasteiger charge is -2.24. The molecule has 0 saturated carbocycles. The minimum absolute atomic E-state index is 0.113. The second kappa shape index (κ2) is 7.38. The van der Waals surface area contributed by atoms with Crippen molar-refractivity contribution in [3.63, 3.8) is 0 Å². The minimum Gasteiger partial charge on any atom is -0.507 e. The van der Waals surface area contributed by atoms with Gasteiger partial charge in [-0.25, -0.2) is 0 Å². The number of nitro benzene ring substituents is 1. The van der Waals surface area contributed by atoms with Crippen LogP contribution in [0.3, 0.4) is 0 Å². The smallest absolute Gasteiger partial charge is 0.295 e. The van der Waals surface area contributed by atoms with E-state index in [0.29, 0.717) is 11.1 Å². The molecule has 3 rings (SSSR count). The highest BCUT2D eigenvalue weighted by molar-refractivity contribution is 6.46. The molecule has 1 aliphatic rings. The highest BCUT2D eigenvalue weighted by Crippen LogP contribution is 2.39. The molecule has 1 atom stereocenters. The van der Waals surface area contributed by atoms with Crippen LogP contribution in [0.1, 0.15) is 17.2 Å². The lowest BCUT2D eigenvalue weighted by molar-refractivity contribution is -0.384. The molecule has 0 aliphatic carbocycles. The molecule has 2 aromatic carbocycles. The van der Waals surface area contributed by atoms with E-state index in [1.54, 1.807) is 30.3 Å². The number of nitro groups is 1. The van der Waals surface area contributed by atoms with Crippen molar-refractivity contribution in [3.8, 4) is 0 Å². The van der Waals surface area contributed by atoms with Gasteiger partial charge in [0, 0.05) is 24.2 Å². The number of non-ortho nitro benzene ring substituents is 1. The monoisotopic (exact) mass is 368 g/mol. The van der Waals surface area contributed by atoms with Gasteiger partial charge in [-0.15, -0.1) is 0 Å². The van der Waals surface area contributed by atoms with Crippen molar-refractivity contribution in [2.24, 2.45) is 0 Å². The summed E-state index contributed by atoms with van der Waals surface area (Å²) in [6, 6.07) is 12.7. The predicted molar refractivity (Wildman–Crippen MR) is 95.6 cm³/mol. The molecule has 1 fully saturated rings. The Labute approximate surface area is 154 Å². The van der Waals surface area contributed by atoms with Gasteiger partial charge in [0.25, 0.3) is 17.4 Å². The number of hydrogen-bond acceptors (Lipinski definition) is 6. The summed E-state index contributed by atoms with van der Waals surface area (Å²) in [6.07, 6.45) is 0. The van der Waals surface area contributed by atoms with Crippen LogP contribution < -0.4 is 0 Å². The highest BCUT2D eigenvalue weighted by atomic mass is 16.6. The Morgan fingerprint density at radius 1 is 1.07 bits per heavy atom. The average molecular weight is 368 g/mol. The highest BCUT2D eigenvalue weighted by Gasteiger charge is 2.45. The maximum Gasteiger partial charge on any atom is 0.295 e. The molecule has 27 heavy (non-hydrogen) atoms. The van der Waals surface area contributed by atoms with E-state index in [9.17, 15) is 29.9 Å². The van der Waals surface area contributed by atoms with Gasteiger partial charge >= 0.3 is 0 Å². The van der Waals surface area contributed by atoms with Crippen molar-refractivity contribution in [3.05, 3.63) is 81.4 Å². The van der Waals surface area contributed by atoms with E-state index in [1.807, 2.05) is 0 Å². The molecule has 0 aromatic heterocycles. The molecular formula is C19H16N2O6. The Morgan fingerprint density at radius 2 is 1.70 bits per heavy atom. The molecule has 138 valence electrons. The summed E-state index contributed by atoms with van der Waals surface area (Å²) in [4.78, 5) is 36.4. The number of aliphatic hydroxyl groups excluding tert-OH is 2. The van der Waals surface area contributed by atoms with Crippen LogP contribution in [-0.2, 0) is 9.59 Å². The largest absolute Gasteiger partial charge is 0.507 e. The van der Waals surface area contributed by atoms with Crippen molar-refractivity contribution in [2.45, 2.75) is 6.04 Å². The summed E-state index contributed by atoms with van der Waals surface area (Å²) in [6.45, 7) is -0.486. The van der Waals surface area contributed by atoms with Gasteiger partial charge in [-0.05, 0) is 17.7 Å². The lowest BCUT2D eigenvalue weighted by atomic mass is 9.95. The van der Waals surface area contributed by atoms with Gasteiger partial charge in [-0.1, -0.05) is 30.3 Å². The minimum atomic E-state index is -0.946. The summed E-state index contributed by atoms with van der Waals surface area (Å²) >= 11 is 0. The Balaban J connectivity index is 2.16. The number of rotatable bonds is 5. The number of likely N-dealkylation sites (tertiary alicyclic amines) is 1. The van der Waals surface area contributed by atoms with E-state index < -0.39 is 22.7 Å². The van der Waals surface area contributed by atoms with Crippen LogP contribution in [0.5, 0.6) is 0 Å². The molecular weight excluding hydrogens is 352 g/mol. The van der Waals surface area contributed by atoms with Crippen molar-refractivity contribution in [1.29, 1.82) is 0 Å². The van der Waals surface area contributed by atoms with Crippen LogP contribution in [0.2, 0.25) is 0 Å². The first-order chi connectivity index (χ1) is 13.0. The third-order valence-corrected chi connectivity index (χ3v) is 4.35. The number of nitrogens with zero attached hydrogens (tertiary/aromatic N) is 2. The van der Waals surface area contributed by atoms with E-state index in [1.165, 1.54) is 24.3 Å². The Kier molecular flexibility index (Phi) is 5.00. The Morgan fingerprint density at radius 3 is 2.26 bits per heavy atom. The Bertz CT molecular complexity index is 921. The molecule has 2 aromatic rings. The fraction of sp³-hybridized carbons (Fsp3) is 0.158. The number of carbonyl (C=O) groups is 2. The van der Waals surface area contributed by atoms with Gasteiger partial charge in [0.15, 0.2) is 0 Å². The zero-order valence-corrected chi connectivity index (χ0v) is 14.1. The van der Waals surface area contributed by atoms with E-state index in [4.69, 9.17) is 0 Å². The van der Waals surface area contributed by atoms with Crippen LogP contribution in [0.15, 0.2) is 60.2 Å². The van der Waals surface area contributed by atoms with Crippen LogP contribution >= 0.6 is 0 Å². The number of carbonyl (C=O) groups excluding carboxylic acids is 2. The summed E-state index contributed by atoms with van der Waals surface area (Å²) in [5, 5.41) is 30.8. The topological polar surface area (TPSA) is 121 Å². The average Bonchev–Trinajstić information content (AvgIpc) is 2.93. The maximum atomic E-state index is 12.6. The number of amides is 1. The second-order valence-corrected chi connectivity index (χ2v) is 5.93. The molecule has 2 N–H and O–H groups in total. The lowest BCUT2D eigenvalue weighted by Crippen LogP contribution is -2.32. The quantitative estimate of drug-likeness (QED) is 0.274. The first-order valence-electron chi connectivity index (χ1n) is 8.14. The van der Waals surface area contributed by atoms with E-state index in [0.717, 1.165) is 4.90 Å². The molecule has 0 spiro atoms. The van der Waals surface area contributed by atoms with E-state index in [2.05, 4.69) is 0 Å². The molecule has 8 heteroatoms. The third kappa shape index (κ3) is 3.30. The predicted octanol–water partition coefficient (Wildman–Crippen LogP) is 2.01. The molecule has 8 nitrogen and oxygen atoms in total. The zero-order chi connectivity index (χ0) is 19.6. The third-order valence-electron chi connectivity index (χ3n) is 4.35. The molecule has 1 saturated heterocycles. The van der Waals surface area contributed by atoms with Crippen molar-refractivity contribution < 1.29 is 24.7 Å². The number of Topliss-reactive ketones (excluding diaryl/α,β-unsaturated/α-hetero) is 1. The first kappa shape index (κ1) is 18.3. The Hall–Kier alpha value is -3.52. The van der Waals surface area contributed by atoms with E-state index in [-0.39, 0.29) is 30.2 Å². The first-order valence-corrected chi connectivity index (χ1v) is 8.14. The van der Waals surface area contributed by atoms with Gasteiger partial charge in [0.2, 0.25) is 0 Å². The fourth-order valence-corrected chi connectivity index (χ4v) is 3.09. The van der Waals surface area contributed by atoms with Crippen LogP contribution in [-0.4, -0.2) is 44.9 Å². The van der Waals surface area contributed by atoms with Gasteiger partial charge < -0.3 is 15.1 Å². The molecule has 1 amide bonds. The normalized spacial score (nSPS) is 18.7. The summed E-state index contributed by atoms with van der Waals surface area (Å²) < 4.78 is 0. The number of ketones is 1. The molecule has 0 radical (unpaired) electrons. The maximum absolute atomic E-state index is 12.6. The van der Waals surface area contributed by atoms with Gasteiger partial charge in [0.1, 0.15) is 5.76 Å². The van der Waals surface area contributed by atoms with Crippen LogP contribution in [0, 0.1) is 10.1 Å². The number of aliphatic hydroxyl groups is 2. The molecule has 0 unspecified atom stereocenters. The van der Waals surface area contributed by atoms with Crippen LogP contribution in [0.4, 0.5) is 5.69 Å². The molecule has 1 aliphatic heterocycles. The summed E-state index contributed by atoms with van der Waals surface area (Å²) in [5.74, 6) is -2.05. The van der Waals surface area contributed by atoms with Crippen molar-refractivity contribution in [1.82, 2.24) is 4.90 Å². The second-order valence-electron chi connectivity index (χ2n) is 5.93. The summed E-state index contributed by atoms with van der Waals surface area (Å²) in [7, 11) is 0. The molecule has 1 heterocycles. The van der Waals surface area contributed by atoms with Gasteiger partial charge in [-0.3, -0.25) is 19.7 Å². The summed E-state index contributed by atoms with van der Waals surface area (Å²) in [5.41, 5.74) is 0.534. The van der Waals surface area contributed by atoms with Gasteiger partial charge in [-0.2, -0.15) is 0 Å².